The van der Waals surface area contributed by atoms with Gasteiger partial charge in [0.05, 0.1) is 26.8 Å². The summed E-state index contributed by atoms with van der Waals surface area (Å²) in [6.45, 7) is 10.0. The molecular weight excluding hydrogens is 402 g/mol. The molecule has 2 aromatic carbocycles. The second-order valence-corrected chi connectivity index (χ2v) is 7.45. The average Bonchev–Trinajstić information content (AvgIpc) is 3.25. The summed E-state index contributed by atoms with van der Waals surface area (Å²) in [5, 5.41) is 0.845. The minimum atomic E-state index is -3.87. The molecule has 166 valence electrons. The molecule has 0 atom stereocenters. The van der Waals surface area contributed by atoms with Gasteiger partial charge in [-0.05, 0) is 36.8 Å². The summed E-state index contributed by atoms with van der Waals surface area (Å²) in [5.41, 5.74) is 1.56. The minimum Gasteiger partial charge on any atom is -0.497 e. The highest BCUT2D eigenvalue weighted by atomic mass is 32.2. The highest BCUT2D eigenvalue weighted by Crippen LogP contribution is 2.34. The van der Waals surface area contributed by atoms with Gasteiger partial charge in [-0.3, -0.25) is 0 Å². The highest BCUT2D eigenvalue weighted by Gasteiger charge is 2.25. The van der Waals surface area contributed by atoms with Crippen molar-refractivity contribution in [1.29, 1.82) is 0 Å². The van der Waals surface area contributed by atoms with E-state index in [9.17, 15) is 8.42 Å². The summed E-state index contributed by atoms with van der Waals surface area (Å²) < 4.78 is 43.7. The van der Waals surface area contributed by atoms with Crippen LogP contribution < -0.4 is 14.2 Å². The molecule has 0 unspecified atom stereocenters. The maximum atomic E-state index is 13.3. The van der Waals surface area contributed by atoms with Crippen LogP contribution in [0.5, 0.6) is 17.2 Å². The number of fused-ring (bicyclic) bond motifs is 1. The summed E-state index contributed by atoms with van der Waals surface area (Å²) in [5.74, 6) is 1.45. The molecule has 3 rings (SSSR count). The zero-order chi connectivity index (χ0) is 22.9. The van der Waals surface area contributed by atoms with Crippen LogP contribution in [0.4, 0.5) is 0 Å². The second kappa shape index (κ2) is 11.5. The van der Waals surface area contributed by atoms with Gasteiger partial charge in [-0.25, -0.2) is 12.4 Å². The van der Waals surface area contributed by atoms with E-state index in [0.29, 0.717) is 11.3 Å². The molecular formula is C23H33NO5S. The Hall–Kier alpha value is -2.67. The molecule has 0 aliphatic heterocycles. The maximum Gasteiger partial charge on any atom is 0.271 e. The summed E-state index contributed by atoms with van der Waals surface area (Å²) in [6, 6.07) is 10.0. The predicted molar refractivity (Wildman–Crippen MR) is 123 cm³/mol. The van der Waals surface area contributed by atoms with Crippen molar-refractivity contribution in [2.75, 3.05) is 21.3 Å². The number of ether oxygens (including phenoxy) is 3. The lowest BCUT2D eigenvalue weighted by Crippen LogP contribution is -2.13. The molecule has 0 aliphatic rings. The Kier molecular flexibility index (Phi) is 9.72. The van der Waals surface area contributed by atoms with Gasteiger partial charge in [0.25, 0.3) is 10.0 Å². The standard InChI is InChI=1S/C19H21NO5S.2C2H6/c1-5-14-15-10-11-20(16(15)7-9-17(14)24-3)26(21,22)19-12-13(23-2)6-8-18(19)25-4;2*1-2/h6-12H,5H2,1-4H3;2*1-2H3. The Morgan fingerprint density at radius 3 is 1.97 bits per heavy atom. The number of methoxy groups -OCH3 is 3. The molecule has 0 bridgehead atoms. The molecule has 0 saturated carbocycles. The number of aromatic nitrogens is 1. The van der Waals surface area contributed by atoms with E-state index < -0.39 is 10.0 Å². The maximum absolute atomic E-state index is 13.3. The number of hydrogen-bond donors (Lipinski definition) is 0. The molecule has 0 saturated heterocycles. The minimum absolute atomic E-state index is 0.0470. The van der Waals surface area contributed by atoms with Crippen molar-refractivity contribution in [2.24, 2.45) is 0 Å². The van der Waals surface area contributed by atoms with E-state index >= 15 is 0 Å². The van der Waals surface area contributed by atoms with Crippen LogP contribution in [-0.2, 0) is 16.4 Å². The Bertz CT molecular complexity index is 1050. The van der Waals surface area contributed by atoms with Gasteiger partial charge in [-0.15, -0.1) is 0 Å². The van der Waals surface area contributed by atoms with Gasteiger partial charge in [-0.1, -0.05) is 34.6 Å². The monoisotopic (exact) mass is 435 g/mol. The smallest absolute Gasteiger partial charge is 0.271 e. The van der Waals surface area contributed by atoms with E-state index in [4.69, 9.17) is 14.2 Å². The van der Waals surface area contributed by atoms with Crippen LogP contribution >= 0.6 is 0 Å². The number of hydrogen-bond acceptors (Lipinski definition) is 5. The lowest BCUT2D eigenvalue weighted by Gasteiger charge is -2.14. The van der Waals surface area contributed by atoms with Crippen molar-refractivity contribution in [3.05, 3.63) is 48.2 Å². The molecule has 6 nitrogen and oxygen atoms in total. The average molecular weight is 436 g/mol. The number of benzene rings is 2. The SMILES string of the molecule is CC.CC.CCc1c(OC)ccc2c1ccn2S(=O)(=O)c1cc(OC)ccc1OC. The van der Waals surface area contributed by atoms with E-state index in [1.807, 2.05) is 34.6 Å². The lowest BCUT2D eigenvalue weighted by atomic mass is 10.1. The van der Waals surface area contributed by atoms with Gasteiger partial charge >= 0.3 is 0 Å². The van der Waals surface area contributed by atoms with Gasteiger partial charge in [0, 0.05) is 23.2 Å². The number of aryl methyl sites for hydroxylation is 1. The van der Waals surface area contributed by atoms with Gasteiger partial charge in [0.15, 0.2) is 0 Å². The zero-order valence-corrected chi connectivity index (χ0v) is 20.0. The van der Waals surface area contributed by atoms with Crippen LogP contribution in [0.3, 0.4) is 0 Å². The first-order valence-corrected chi connectivity index (χ1v) is 11.6. The van der Waals surface area contributed by atoms with Crippen molar-refractivity contribution in [1.82, 2.24) is 3.97 Å². The van der Waals surface area contributed by atoms with Gasteiger partial charge in [0.1, 0.15) is 22.1 Å². The van der Waals surface area contributed by atoms with Crippen molar-refractivity contribution >= 4 is 20.9 Å². The topological polar surface area (TPSA) is 66.8 Å². The molecule has 0 spiro atoms. The Morgan fingerprint density at radius 1 is 0.833 bits per heavy atom. The normalized spacial score (nSPS) is 10.4. The van der Waals surface area contributed by atoms with E-state index in [2.05, 4.69) is 0 Å². The van der Waals surface area contributed by atoms with Gasteiger partial charge in [-0.2, -0.15) is 0 Å². The van der Waals surface area contributed by atoms with E-state index in [1.165, 1.54) is 24.3 Å². The first kappa shape index (κ1) is 25.4. The number of nitrogens with zero attached hydrogens (tertiary/aromatic N) is 1. The predicted octanol–water partition coefficient (Wildman–Crippen LogP) is 5.52. The van der Waals surface area contributed by atoms with Crippen molar-refractivity contribution in [2.45, 2.75) is 45.9 Å². The third-order valence-corrected chi connectivity index (χ3v) is 6.10. The van der Waals surface area contributed by atoms with E-state index in [0.717, 1.165) is 23.1 Å². The molecule has 3 aromatic rings. The van der Waals surface area contributed by atoms with Crippen LogP contribution in [0.2, 0.25) is 0 Å². The van der Waals surface area contributed by atoms with Gasteiger partial charge in [0.2, 0.25) is 0 Å². The molecule has 0 N–H and O–H groups in total. The van der Waals surface area contributed by atoms with Gasteiger partial charge < -0.3 is 14.2 Å². The molecule has 1 aromatic heterocycles. The summed E-state index contributed by atoms with van der Waals surface area (Å²) in [7, 11) is 0.663. The zero-order valence-electron chi connectivity index (χ0n) is 19.1. The summed E-state index contributed by atoms with van der Waals surface area (Å²) in [6.07, 6.45) is 2.28. The highest BCUT2D eigenvalue weighted by molar-refractivity contribution is 7.90. The quantitative estimate of drug-likeness (QED) is 0.510. The molecule has 1 heterocycles. The van der Waals surface area contributed by atoms with Crippen LogP contribution in [0, 0.1) is 0 Å². The largest absolute Gasteiger partial charge is 0.497 e. The summed E-state index contributed by atoms with van der Waals surface area (Å²) >= 11 is 0. The Balaban J connectivity index is 0.00000106. The third-order valence-electron chi connectivity index (χ3n) is 4.39. The molecule has 0 amide bonds. The van der Waals surface area contributed by atoms with E-state index in [-0.39, 0.29) is 10.6 Å². The Morgan fingerprint density at radius 2 is 1.43 bits per heavy atom. The Labute approximate surface area is 180 Å². The van der Waals surface area contributed by atoms with Crippen LogP contribution in [0.1, 0.15) is 40.2 Å². The fourth-order valence-electron chi connectivity index (χ4n) is 3.09. The van der Waals surface area contributed by atoms with E-state index in [1.54, 1.807) is 43.6 Å². The third kappa shape index (κ3) is 4.73. The molecule has 7 heteroatoms. The van der Waals surface area contributed by atoms with Crippen molar-refractivity contribution in [3.63, 3.8) is 0 Å². The summed E-state index contributed by atoms with van der Waals surface area (Å²) in [4.78, 5) is 0.0470. The van der Waals surface area contributed by atoms with Crippen molar-refractivity contribution < 1.29 is 22.6 Å². The second-order valence-electron chi connectivity index (χ2n) is 5.67. The lowest BCUT2D eigenvalue weighted by molar-refractivity contribution is 0.392. The molecule has 30 heavy (non-hydrogen) atoms. The van der Waals surface area contributed by atoms with Crippen LogP contribution in [0.15, 0.2) is 47.5 Å². The molecule has 0 radical (unpaired) electrons. The van der Waals surface area contributed by atoms with Crippen LogP contribution in [-0.4, -0.2) is 33.7 Å². The molecule has 0 aliphatic carbocycles. The molecule has 0 fully saturated rings. The van der Waals surface area contributed by atoms with Crippen molar-refractivity contribution in [3.8, 4) is 17.2 Å². The number of rotatable bonds is 6. The van der Waals surface area contributed by atoms with Crippen LogP contribution in [0.25, 0.3) is 10.9 Å². The fourth-order valence-corrected chi connectivity index (χ4v) is 4.61. The fraction of sp³-hybridized carbons (Fsp3) is 0.391. The first-order chi connectivity index (χ1) is 14.5. The first-order valence-electron chi connectivity index (χ1n) is 10.1.